The van der Waals surface area contributed by atoms with Crippen molar-refractivity contribution in [2.24, 2.45) is 0 Å². The van der Waals surface area contributed by atoms with Crippen LogP contribution in [0.5, 0.6) is 0 Å². The molecular formula is C8H15N5O. The van der Waals surface area contributed by atoms with E-state index in [-0.39, 0.29) is 0 Å². The Morgan fingerprint density at radius 2 is 2.43 bits per heavy atom. The van der Waals surface area contributed by atoms with Gasteiger partial charge in [-0.3, -0.25) is 0 Å². The highest BCUT2D eigenvalue weighted by molar-refractivity contribution is 5.29. The molecular weight excluding hydrogens is 182 g/mol. The Hall–Kier alpha value is -1.17. The highest BCUT2D eigenvalue weighted by atomic mass is 16.5. The molecule has 2 heterocycles. The van der Waals surface area contributed by atoms with E-state index in [1.807, 2.05) is 0 Å². The number of anilines is 1. The van der Waals surface area contributed by atoms with Crippen molar-refractivity contribution in [1.29, 1.82) is 0 Å². The van der Waals surface area contributed by atoms with Crippen LogP contribution in [0, 0.1) is 0 Å². The van der Waals surface area contributed by atoms with E-state index in [4.69, 9.17) is 4.74 Å². The summed E-state index contributed by atoms with van der Waals surface area (Å²) in [6, 6.07) is 0.409. The topological polar surface area (TPSA) is 66.9 Å². The number of ether oxygens (including phenoxy) is 1. The molecule has 1 aliphatic heterocycles. The molecule has 0 saturated carbocycles. The van der Waals surface area contributed by atoms with Crippen LogP contribution in [0.3, 0.4) is 0 Å². The first-order valence-electron chi connectivity index (χ1n) is 4.84. The van der Waals surface area contributed by atoms with E-state index in [1.165, 1.54) is 0 Å². The summed E-state index contributed by atoms with van der Waals surface area (Å²) in [6.45, 7) is 3.08. The monoisotopic (exact) mass is 197 g/mol. The van der Waals surface area contributed by atoms with E-state index in [1.54, 1.807) is 7.11 Å². The second kappa shape index (κ2) is 3.91. The van der Waals surface area contributed by atoms with E-state index in [2.05, 4.69) is 32.4 Å². The average molecular weight is 197 g/mol. The first-order chi connectivity index (χ1) is 6.81. The minimum absolute atomic E-state index is 0.369. The summed E-state index contributed by atoms with van der Waals surface area (Å²) in [5, 5.41) is 14.0. The lowest BCUT2D eigenvalue weighted by atomic mass is 10.0. The molecule has 1 aromatic heterocycles. The second-order valence-electron chi connectivity index (χ2n) is 3.64. The molecule has 1 aliphatic rings. The lowest BCUT2D eigenvalue weighted by Gasteiger charge is -2.35. The second-order valence-corrected chi connectivity index (χ2v) is 3.64. The molecule has 0 aromatic carbocycles. The number of nitrogens with zero attached hydrogens (tertiary/aromatic N) is 4. The summed E-state index contributed by atoms with van der Waals surface area (Å²) >= 11 is 0. The molecule has 1 aromatic rings. The normalized spacial score (nSPS) is 28.0. The van der Waals surface area contributed by atoms with Crippen molar-refractivity contribution >= 4 is 5.95 Å². The minimum Gasteiger partial charge on any atom is -0.381 e. The Morgan fingerprint density at radius 1 is 1.57 bits per heavy atom. The number of tetrazole rings is 1. The smallest absolute Gasteiger partial charge is 0.266 e. The SMILES string of the molecule is COC1CCN(c2nn[nH]n2)C(C)C1. The van der Waals surface area contributed by atoms with Crippen molar-refractivity contribution in [3.63, 3.8) is 0 Å². The maximum atomic E-state index is 5.34. The van der Waals surface area contributed by atoms with Crippen LogP contribution in [0.15, 0.2) is 0 Å². The molecule has 6 nitrogen and oxygen atoms in total. The van der Waals surface area contributed by atoms with Crippen LogP contribution in [0.2, 0.25) is 0 Å². The maximum Gasteiger partial charge on any atom is 0.266 e. The van der Waals surface area contributed by atoms with Gasteiger partial charge in [0, 0.05) is 19.7 Å². The number of aromatic nitrogens is 4. The van der Waals surface area contributed by atoms with Crippen molar-refractivity contribution < 1.29 is 4.74 Å². The molecule has 6 heteroatoms. The zero-order valence-electron chi connectivity index (χ0n) is 8.47. The van der Waals surface area contributed by atoms with Gasteiger partial charge < -0.3 is 9.64 Å². The van der Waals surface area contributed by atoms with Crippen LogP contribution < -0.4 is 4.90 Å². The molecule has 14 heavy (non-hydrogen) atoms. The highest BCUT2D eigenvalue weighted by Crippen LogP contribution is 2.22. The van der Waals surface area contributed by atoms with Crippen LogP contribution in [-0.2, 0) is 4.74 Å². The van der Waals surface area contributed by atoms with Crippen molar-refractivity contribution in [1.82, 2.24) is 20.6 Å². The average Bonchev–Trinajstić information content (AvgIpc) is 2.70. The predicted octanol–water partition coefficient (Wildman–Crippen LogP) is 0.203. The molecule has 0 spiro atoms. The van der Waals surface area contributed by atoms with Gasteiger partial charge in [-0.05, 0) is 25.0 Å². The molecule has 78 valence electrons. The zero-order chi connectivity index (χ0) is 9.97. The van der Waals surface area contributed by atoms with Gasteiger partial charge in [-0.25, -0.2) is 0 Å². The highest BCUT2D eigenvalue weighted by Gasteiger charge is 2.27. The van der Waals surface area contributed by atoms with Gasteiger partial charge in [0.2, 0.25) is 0 Å². The van der Waals surface area contributed by atoms with Crippen molar-refractivity contribution in [2.45, 2.75) is 31.9 Å². The van der Waals surface area contributed by atoms with E-state index in [0.717, 1.165) is 19.4 Å². The quantitative estimate of drug-likeness (QED) is 0.733. The molecule has 0 radical (unpaired) electrons. The van der Waals surface area contributed by atoms with Crippen LogP contribution in [0.25, 0.3) is 0 Å². The summed E-state index contributed by atoms with van der Waals surface area (Å²) in [5.41, 5.74) is 0. The molecule has 1 N–H and O–H groups in total. The fourth-order valence-corrected chi connectivity index (χ4v) is 1.92. The third-order valence-electron chi connectivity index (χ3n) is 2.75. The third kappa shape index (κ3) is 1.70. The third-order valence-corrected chi connectivity index (χ3v) is 2.75. The Labute approximate surface area is 82.6 Å². The number of rotatable bonds is 2. The van der Waals surface area contributed by atoms with E-state index < -0.39 is 0 Å². The Bertz CT molecular complexity index is 275. The summed E-state index contributed by atoms with van der Waals surface area (Å²) in [5.74, 6) is 0.687. The van der Waals surface area contributed by atoms with Crippen molar-refractivity contribution in [3.05, 3.63) is 0 Å². The van der Waals surface area contributed by atoms with E-state index in [9.17, 15) is 0 Å². The number of hydrogen-bond acceptors (Lipinski definition) is 5. The molecule has 1 fully saturated rings. The van der Waals surface area contributed by atoms with Gasteiger partial charge in [-0.15, -0.1) is 5.10 Å². The number of hydrogen-bond donors (Lipinski definition) is 1. The van der Waals surface area contributed by atoms with Gasteiger partial charge in [0.05, 0.1) is 6.10 Å². The Kier molecular flexibility index (Phi) is 2.62. The maximum absolute atomic E-state index is 5.34. The summed E-state index contributed by atoms with van der Waals surface area (Å²) in [4.78, 5) is 2.15. The van der Waals surface area contributed by atoms with Crippen LogP contribution in [0.4, 0.5) is 5.95 Å². The van der Waals surface area contributed by atoms with Gasteiger partial charge in [0.25, 0.3) is 5.95 Å². The van der Waals surface area contributed by atoms with Gasteiger partial charge in [0.15, 0.2) is 0 Å². The lowest BCUT2D eigenvalue weighted by molar-refractivity contribution is 0.0718. The summed E-state index contributed by atoms with van der Waals surface area (Å²) < 4.78 is 5.34. The fraction of sp³-hybridized carbons (Fsp3) is 0.875. The zero-order valence-corrected chi connectivity index (χ0v) is 8.47. The van der Waals surface area contributed by atoms with E-state index >= 15 is 0 Å². The molecule has 0 amide bonds. The Morgan fingerprint density at radius 3 is 3.00 bits per heavy atom. The molecule has 0 bridgehead atoms. The van der Waals surface area contributed by atoms with Crippen molar-refractivity contribution in [3.8, 4) is 0 Å². The number of aromatic amines is 1. The lowest BCUT2D eigenvalue weighted by Crippen LogP contribution is -2.43. The van der Waals surface area contributed by atoms with Crippen LogP contribution >= 0.6 is 0 Å². The minimum atomic E-state index is 0.369. The largest absolute Gasteiger partial charge is 0.381 e. The molecule has 1 saturated heterocycles. The number of piperidine rings is 1. The molecule has 2 atom stereocenters. The first kappa shape index (κ1) is 9.39. The van der Waals surface area contributed by atoms with Gasteiger partial charge in [-0.1, -0.05) is 5.10 Å². The number of methoxy groups -OCH3 is 1. The first-order valence-corrected chi connectivity index (χ1v) is 4.84. The fourth-order valence-electron chi connectivity index (χ4n) is 1.92. The van der Waals surface area contributed by atoms with Gasteiger partial charge in [0.1, 0.15) is 0 Å². The Balaban J connectivity index is 2.02. The predicted molar refractivity (Wildman–Crippen MR) is 51.0 cm³/mol. The standard InChI is InChI=1S/C8H15N5O/c1-6-5-7(14-2)3-4-13(6)8-9-11-12-10-8/h6-7H,3-5H2,1-2H3,(H,9,10,11,12). The number of H-pyrrole nitrogens is 1. The van der Waals surface area contributed by atoms with E-state index in [0.29, 0.717) is 18.1 Å². The van der Waals surface area contributed by atoms with Gasteiger partial charge >= 0.3 is 0 Å². The molecule has 0 aliphatic carbocycles. The van der Waals surface area contributed by atoms with Gasteiger partial charge in [-0.2, -0.15) is 5.21 Å². The molecule has 2 unspecified atom stereocenters. The summed E-state index contributed by atoms with van der Waals surface area (Å²) in [6.07, 6.45) is 2.41. The van der Waals surface area contributed by atoms with Crippen LogP contribution in [0.1, 0.15) is 19.8 Å². The van der Waals surface area contributed by atoms with Crippen LogP contribution in [-0.4, -0.2) is 46.4 Å². The van der Waals surface area contributed by atoms with Crippen molar-refractivity contribution in [2.75, 3.05) is 18.6 Å². The molecule has 2 rings (SSSR count). The number of nitrogens with one attached hydrogen (secondary N) is 1. The summed E-state index contributed by atoms with van der Waals surface area (Å²) in [7, 11) is 1.77.